The Hall–Kier alpha value is -1.43. The molecule has 0 radical (unpaired) electrons. The van der Waals surface area contributed by atoms with Gasteiger partial charge in [0.05, 0.1) is 12.6 Å². The SMILES string of the molecule is Cn1cnnc1CNC(=O)C1CCCCN1. The van der Waals surface area contributed by atoms with Crippen molar-refractivity contribution in [1.29, 1.82) is 0 Å². The van der Waals surface area contributed by atoms with E-state index in [1.807, 2.05) is 7.05 Å². The fraction of sp³-hybridized carbons (Fsp3) is 0.700. The summed E-state index contributed by atoms with van der Waals surface area (Å²) in [5, 5.41) is 13.7. The van der Waals surface area contributed by atoms with Crippen molar-refractivity contribution in [2.75, 3.05) is 6.54 Å². The summed E-state index contributed by atoms with van der Waals surface area (Å²) < 4.78 is 1.80. The summed E-state index contributed by atoms with van der Waals surface area (Å²) in [6.07, 6.45) is 4.83. The molecule has 1 unspecified atom stereocenters. The van der Waals surface area contributed by atoms with Gasteiger partial charge in [-0.3, -0.25) is 4.79 Å². The highest BCUT2D eigenvalue weighted by molar-refractivity contribution is 5.81. The number of piperidine rings is 1. The van der Waals surface area contributed by atoms with E-state index in [0.717, 1.165) is 31.6 Å². The van der Waals surface area contributed by atoms with Crippen LogP contribution in [0.25, 0.3) is 0 Å². The highest BCUT2D eigenvalue weighted by atomic mass is 16.2. The van der Waals surface area contributed by atoms with Crippen molar-refractivity contribution in [2.45, 2.75) is 31.8 Å². The number of nitrogens with zero attached hydrogens (tertiary/aromatic N) is 3. The van der Waals surface area contributed by atoms with Crippen LogP contribution in [0.1, 0.15) is 25.1 Å². The molecule has 1 aromatic rings. The van der Waals surface area contributed by atoms with Gasteiger partial charge >= 0.3 is 0 Å². The Kier molecular flexibility index (Phi) is 3.51. The van der Waals surface area contributed by atoms with E-state index in [1.54, 1.807) is 10.9 Å². The van der Waals surface area contributed by atoms with Gasteiger partial charge in [-0.2, -0.15) is 0 Å². The van der Waals surface area contributed by atoms with Crippen molar-refractivity contribution in [3.05, 3.63) is 12.2 Å². The topological polar surface area (TPSA) is 71.8 Å². The van der Waals surface area contributed by atoms with E-state index < -0.39 is 0 Å². The van der Waals surface area contributed by atoms with Crippen LogP contribution < -0.4 is 10.6 Å². The summed E-state index contributed by atoms with van der Waals surface area (Å²) >= 11 is 0. The van der Waals surface area contributed by atoms with Gasteiger partial charge in [-0.05, 0) is 19.4 Å². The molecule has 2 N–H and O–H groups in total. The van der Waals surface area contributed by atoms with Crippen molar-refractivity contribution in [3.8, 4) is 0 Å². The van der Waals surface area contributed by atoms with E-state index in [1.165, 1.54) is 0 Å². The zero-order valence-corrected chi connectivity index (χ0v) is 9.44. The van der Waals surface area contributed by atoms with E-state index in [9.17, 15) is 4.79 Å². The molecule has 2 heterocycles. The largest absolute Gasteiger partial charge is 0.347 e. The molecule has 16 heavy (non-hydrogen) atoms. The maximum Gasteiger partial charge on any atom is 0.237 e. The fourth-order valence-corrected chi connectivity index (χ4v) is 1.83. The number of aryl methyl sites for hydroxylation is 1. The van der Waals surface area contributed by atoms with Gasteiger partial charge in [0, 0.05) is 7.05 Å². The Bertz CT molecular complexity index is 356. The second-order valence-electron chi connectivity index (χ2n) is 4.08. The summed E-state index contributed by atoms with van der Waals surface area (Å²) in [5.74, 6) is 0.826. The minimum absolute atomic E-state index is 0.0398. The van der Waals surface area contributed by atoms with Crippen LogP contribution in [0.5, 0.6) is 0 Å². The van der Waals surface area contributed by atoms with Gasteiger partial charge < -0.3 is 15.2 Å². The van der Waals surface area contributed by atoms with E-state index in [4.69, 9.17) is 0 Å². The van der Waals surface area contributed by atoms with Crippen LogP contribution in [0.15, 0.2) is 6.33 Å². The minimum atomic E-state index is -0.0398. The first-order chi connectivity index (χ1) is 7.77. The van der Waals surface area contributed by atoms with Crippen LogP contribution in [0.4, 0.5) is 0 Å². The van der Waals surface area contributed by atoms with Gasteiger partial charge in [0.1, 0.15) is 6.33 Å². The van der Waals surface area contributed by atoms with Gasteiger partial charge in [0.15, 0.2) is 5.82 Å². The molecule has 1 aliphatic rings. The first-order valence-electron chi connectivity index (χ1n) is 5.61. The zero-order chi connectivity index (χ0) is 11.4. The summed E-state index contributed by atoms with van der Waals surface area (Å²) in [4.78, 5) is 11.8. The molecule has 88 valence electrons. The average Bonchev–Trinajstić information content (AvgIpc) is 2.73. The average molecular weight is 223 g/mol. The normalized spacial score (nSPS) is 20.7. The second-order valence-corrected chi connectivity index (χ2v) is 4.08. The molecule has 0 saturated carbocycles. The lowest BCUT2D eigenvalue weighted by Gasteiger charge is -2.22. The lowest BCUT2D eigenvalue weighted by Crippen LogP contribution is -2.46. The van der Waals surface area contributed by atoms with Crippen molar-refractivity contribution >= 4 is 5.91 Å². The van der Waals surface area contributed by atoms with E-state index in [-0.39, 0.29) is 11.9 Å². The molecule has 1 fully saturated rings. The van der Waals surface area contributed by atoms with Gasteiger partial charge in [0.2, 0.25) is 5.91 Å². The third-order valence-electron chi connectivity index (χ3n) is 2.85. The van der Waals surface area contributed by atoms with Crippen molar-refractivity contribution < 1.29 is 4.79 Å². The number of rotatable bonds is 3. The quantitative estimate of drug-likeness (QED) is 0.729. The summed E-state index contributed by atoms with van der Waals surface area (Å²) in [6, 6.07) is -0.0398. The number of aromatic nitrogens is 3. The molecule has 0 bridgehead atoms. The van der Waals surface area contributed by atoms with Crippen LogP contribution in [0, 0.1) is 0 Å². The summed E-state index contributed by atoms with van der Waals surface area (Å²) in [7, 11) is 1.86. The molecule has 1 amide bonds. The Balaban J connectivity index is 1.81. The Morgan fingerprint density at radius 1 is 1.69 bits per heavy atom. The fourth-order valence-electron chi connectivity index (χ4n) is 1.83. The first kappa shape index (κ1) is 11.1. The molecule has 2 rings (SSSR count). The zero-order valence-electron chi connectivity index (χ0n) is 9.44. The number of carbonyl (C=O) groups is 1. The summed E-state index contributed by atoms with van der Waals surface area (Å²) in [6.45, 7) is 1.37. The van der Waals surface area contributed by atoms with Crippen LogP contribution in [0.3, 0.4) is 0 Å². The third-order valence-corrected chi connectivity index (χ3v) is 2.85. The van der Waals surface area contributed by atoms with Gasteiger partial charge in [-0.1, -0.05) is 6.42 Å². The van der Waals surface area contributed by atoms with Crippen LogP contribution in [-0.2, 0) is 18.4 Å². The highest BCUT2D eigenvalue weighted by Gasteiger charge is 2.20. The standard InChI is InChI=1S/C10H17N5O/c1-15-7-13-14-9(15)6-12-10(16)8-4-2-3-5-11-8/h7-8,11H,2-6H2,1H3,(H,12,16). The lowest BCUT2D eigenvalue weighted by atomic mass is 10.0. The molecule has 1 aliphatic heterocycles. The van der Waals surface area contributed by atoms with Crippen molar-refractivity contribution in [2.24, 2.45) is 7.05 Å². The third kappa shape index (κ3) is 2.57. The van der Waals surface area contributed by atoms with Crippen LogP contribution >= 0.6 is 0 Å². The number of amides is 1. The smallest absolute Gasteiger partial charge is 0.237 e. The van der Waals surface area contributed by atoms with Crippen molar-refractivity contribution in [3.63, 3.8) is 0 Å². The molecular weight excluding hydrogens is 206 g/mol. The van der Waals surface area contributed by atoms with E-state index in [2.05, 4.69) is 20.8 Å². The molecule has 0 spiro atoms. The molecule has 1 aromatic heterocycles. The monoisotopic (exact) mass is 223 g/mol. The number of hydrogen-bond donors (Lipinski definition) is 2. The van der Waals surface area contributed by atoms with Crippen LogP contribution in [0.2, 0.25) is 0 Å². The van der Waals surface area contributed by atoms with E-state index >= 15 is 0 Å². The predicted octanol–water partition coefficient (Wildman–Crippen LogP) is -0.427. The lowest BCUT2D eigenvalue weighted by molar-refractivity contribution is -0.123. The van der Waals surface area contributed by atoms with E-state index in [0.29, 0.717) is 6.54 Å². The molecule has 0 aliphatic carbocycles. The molecule has 1 atom stereocenters. The number of hydrogen-bond acceptors (Lipinski definition) is 4. The maximum absolute atomic E-state index is 11.8. The predicted molar refractivity (Wildman–Crippen MR) is 58.5 cm³/mol. The van der Waals surface area contributed by atoms with Gasteiger partial charge in [-0.25, -0.2) is 0 Å². The van der Waals surface area contributed by atoms with Gasteiger partial charge in [-0.15, -0.1) is 10.2 Å². The molecule has 0 aromatic carbocycles. The first-order valence-corrected chi connectivity index (χ1v) is 5.61. The van der Waals surface area contributed by atoms with Crippen LogP contribution in [-0.4, -0.2) is 33.3 Å². The molecule has 6 heteroatoms. The molecule has 1 saturated heterocycles. The van der Waals surface area contributed by atoms with Crippen molar-refractivity contribution in [1.82, 2.24) is 25.4 Å². The Morgan fingerprint density at radius 2 is 2.56 bits per heavy atom. The minimum Gasteiger partial charge on any atom is -0.347 e. The molecule has 6 nitrogen and oxygen atoms in total. The second kappa shape index (κ2) is 5.07. The highest BCUT2D eigenvalue weighted by Crippen LogP contribution is 2.06. The summed E-state index contributed by atoms with van der Waals surface area (Å²) in [5.41, 5.74) is 0. The number of nitrogens with one attached hydrogen (secondary N) is 2. The molecular formula is C10H17N5O. The van der Waals surface area contributed by atoms with Gasteiger partial charge in [0.25, 0.3) is 0 Å². The Labute approximate surface area is 94.4 Å². The maximum atomic E-state index is 11.8. The number of carbonyl (C=O) groups excluding carboxylic acids is 1. The Morgan fingerprint density at radius 3 is 3.19 bits per heavy atom.